The van der Waals surface area contributed by atoms with Crippen LogP contribution in [0, 0.1) is 13.8 Å². The van der Waals surface area contributed by atoms with E-state index in [4.69, 9.17) is 0 Å². The van der Waals surface area contributed by atoms with Crippen LogP contribution in [0.2, 0.25) is 0 Å². The Hall–Kier alpha value is -0.910. The molecule has 4 nitrogen and oxygen atoms in total. The summed E-state index contributed by atoms with van der Waals surface area (Å²) in [4.78, 5) is 0.330. The predicted molar refractivity (Wildman–Crippen MR) is 74.5 cm³/mol. The topological polar surface area (TPSA) is 57.6 Å². The standard InChI is InChI=1S/C14H21NO3S/c1-11-6-7-14(9-12(11)2)19(17,18)15-8-4-3-5-13(15)10-16/h6-7,9,13,16H,3-5,8,10H2,1-2H3. The third kappa shape index (κ3) is 2.83. The van der Waals surface area contributed by atoms with E-state index in [1.54, 1.807) is 12.1 Å². The SMILES string of the molecule is Cc1ccc(S(=O)(=O)N2CCCCC2CO)cc1C. The smallest absolute Gasteiger partial charge is 0.243 e. The molecular formula is C14H21NO3S. The van der Waals surface area contributed by atoms with Gasteiger partial charge in [0.1, 0.15) is 0 Å². The van der Waals surface area contributed by atoms with Crippen LogP contribution in [-0.2, 0) is 10.0 Å². The number of benzene rings is 1. The van der Waals surface area contributed by atoms with Crippen LogP contribution in [0.1, 0.15) is 30.4 Å². The van der Waals surface area contributed by atoms with Gasteiger partial charge in [-0.2, -0.15) is 4.31 Å². The molecule has 1 aliphatic rings. The van der Waals surface area contributed by atoms with E-state index in [2.05, 4.69) is 0 Å². The first-order valence-corrected chi connectivity index (χ1v) is 8.11. The third-order valence-electron chi connectivity index (χ3n) is 3.87. The fourth-order valence-corrected chi connectivity index (χ4v) is 4.25. The molecule has 1 saturated heterocycles. The lowest BCUT2D eigenvalue weighted by molar-refractivity contribution is 0.155. The normalized spacial score (nSPS) is 21.5. The van der Waals surface area contributed by atoms with Crippen molar-refractivity contribution < 1.29 is 13.5 Å². The van der Waals surface area contributed by atoms with Gasteiger partial charge in [0.05, 0.1) is 11.5 Å². The van der Waals surface area contributed by atoms with Gasteiger partial charge in [-0.1, -0.05) is 12.5 Å². The van der Waals surface area contributed by atoms with Crippen LogP contribution in [0.15, 0.2) is 23.1 Å². The molecule has 0 amide bonds. The second-order valence-corrected chi connectivity index (χ2v) is 7.08. The van der Waals surface area contributed by atoms with E-state index in [-0.39, 0.29) is 12.6 Å². The van der Waals surface area contributed by atoms with Crippen molar-refractivity contribution in [2.75, 3.05) is 13.2 Å². The number of rotatable bonds is 3. The Morgan fingerprint density at radius 2 is 2.00 bits per heavy atom. The minimum atomic E-state index is -3.49. The number of hydrogen-bond donors (Lipinski definition) is 1. The van der Waals surface area contributed by atoms with E-state index >= 15 is 0 Å². The monoisotopic (exact) mass is 283 g/mol. The molecule has 1 aromatic rings. The highest BCUT2D eigenvalue weighted by Gasteiger charge is 2.33. The first kappa shape index (κ1) is 14.5. The molecule has 1 aliphatic heterocycles. The Morgan fingerprint density at radius 1 is 1.26 bits per heavy atom. The van der Waals surface area contributed by atoms with Crippen molar-refractivity contribution in [2.24, 2.45) is 0 Å². The molecule has 0 spiro atoms. The summed E-state index contributed by atoms with van der Waals surface area (Å²) in [7, 11) is -3.49. The largest absolute Gasteiger partial charge is 0.395 e. The Kier molecular flexibility index (Phi) is 4.28. The van der Waals surface area contributed by atoms with E-state index in [9.17, 15) is 13.5 Å². The lowest BCUT2D eigenvalue weighted by atomic mass is 10.1. The van der Waals surface area contributed by atoms with Gasteiger partial charge < -0.3 is 5.11 Å². The Morgan fingerprint density at radius 3 is 2.63 bits per heavy atom. The predicted octanol–water partition coefficient (Wildman–Crippen LogP) is 1.84. The van der Waals surface area contributed by atoms with Crippen molar-refractivity contribution in [2.45, 2.75) is 44.0 Å². The number of aliphatic hydroxyl groups is 1. The summed E-state index contributed by atoms with van der Waals surface area (Å²) in [6, 6.07) is 4.93. The number of hydrogen-bond acceptors (Lipinski definition) is 3. The number of sulfonamides is 1. The minimum Gasteiger partial charge on any atom is -0.395 e. The molecule has 0 radical (unpaired) electrons. The summed E-state index contributed by atoms with van der Waals surface area (Å²) in [5, 5.41) is 9.36. The van der Waals surface area contributed by atoms with Gasteiger partial charge >= 0.3 is 0 Å². The molecular weight excluding hydrogens is 262 g/mol. The average Bonchev–Trinajstić information content (AvgIpc) is 2.41. The first-order valence-electron chi connectivity index (χ1n) is 6.67. The molecule has 0 bridgehead atoms. The van der Waals surface area contributed by atoms with Gasteiger partial charge in [0.15, 0.2) is 0 Å². The van der Waals surface area contributed by atoms with Crippen LogP contribution in [-0.4, -0.2) is 37.0 Å². The van der Waals surface area contributed by atoms with Crippen LogP contribution < -0.4 is 0 Å². The van der Waals surface area contributed by atoms with Crippen LogP contribution in [0.5, 0.6) is 0 Å². The van der Waals surface area contributed by atoms with Crippen LogP contribution in [0.3, 0.4) is 0 Å². The molecule has 5 heteroatoms. The van der Waals surface area contributed by atoms with Gasteiger partial charge in [-0.15, -0.1) is 0 Å². The fraction of sp³-hybridized carbons (Fsp3) is 0.571. The zero-order chi connectivity index (χ0) is 14.0. The van der Waals surface area contributed by atoms with Gasteiger partial charge in [0.2, 0.25) is 10.0 Å². The average molecular weight is 283 g/mol. The zero-order valence-corrected chi connectivity index (χ0v) is 12.3. The molecule has 1 aromatic carbocycles. The summed E-state index contributed by atoms with van der Waals surface area (Å²) >= 11 is 0. The number of nitrogens with zero attached hydrogens (tertiary/aromatic N) is 1. The van der Waals surface area contributed by atoms with Crippen molar-refractivity contribution in [3.05, 3.63) is 29.3 Å². The van der Waals surface area contributed by atoms with Crippen molar-refractivity contribution in [1.82, 2.24) is 4.31 Å². The Balaban J connectivity index is 2.37. The Labute approximate surface area is 115 Å². The molecule has 1 unspecified atom stereocenters. The number of aliphatic hydroxyl groups excluding tert-OH is 1. The van der Waals surface area contributed by atoms with E-state index < -0.39 is 10.0 Å². The molecule has 1 heterocycles. The van der Waals surface area contributed by atoms with E-state index in [0.29, 0.717) is 11.4 Å². The maximum atomic E-state index is 12.6. The molecule has 0 aromatic heterocycles. The second kappa shape index (κ2) is 5.61. The third-order valence-corrected chi connectivity index (χ3v) is 5.82. The van der Waals surface area contributed by atoms with Gasteiger partial charge in [0, 0.05) is 12.6 Å². The summed E-state index contributed by atoms with van der Waals surface area (Å²) in [6.45, 7) is 4.27. The molecule has 1 N–H and O–H groups in total. The molecule has 106 valence electrons. The quantitative estimate of drug-likeness (QED) is 0.921. The van der Waals surface area contributed by atoms with Gasteiger partial charge in [0.25, 0.3) is 0 Å². The minimum absolute atomic E-state index is 0.107. The van der Waals surface area contributed by atoms with Crippen LogP contribution in [0.4, 0.5) is 0 Å². The van der Waals surface area contributed by atoms with Crippen molar-refractivity contribution in [3.63, 3.8) is 0 Å². The second-order valence-electron chi connectivity index (χ2n) is 5.19. The molecule has 1 atom stereocenters. The fourth-order valence-electron chi connectivity index (χ4n) is 2.48. The number of piperidine rings is 1. The Bertz CT molecular complexity index is 554. The summed E-state index contributed by atoms with van der Waals surface area (Å²) < 4.78 is 26.7. The maximum Gasteiger partial charge on any atom is 0.243 e. The zero-order valence-electron chi connectivity index (χ0n) is 11.5. The van der Waals surface area contributed by atoms with Crippen molar-refractivity contribution in [3.8, 4) is 0 Å². The van der Waals surface area contributed by atoms with Gasteiger partial charge in [-0.3, -0.25) is 0 Å². The van der Waals surface area contributed by atoms with E-state index in [1.165, 1.54) is 4.31 Å². The lowest BCUT2D eigenvalue weighted by Crippen LogP contribution is -2.45. The maximum absolute atomic E-state index is 12.6. The molecule has 2 rings (SSSR count). The van der Waals surface area contributed by atoms with Gasteiger partial charge in [-0.25, -0.2) is 8.42 Å². The van der Waals surface area contributed by atoms with Crippen LogP contribution >= 0.6 is 0 Å². The summed E-state index contributed by atoms with van der Waals surface area (Å²) in [5.74, 6) is 0. The summed E-state index contributed by atoms with van der Waals surface area (Å²) in [5.41, 5.74) is 2.05. The van der Waals surface area contributed by atoms with Crippen molar-refractivity contribution in [1.29, 1.82) is 0 Å². The van der Waals surface area contributed by atoms with Crippen molar-refractivity contribution >= 4 is 10.0 Å². The highest BCUT2D eigenvalue weighted by atomic mass is 32.2. The molecule has 19 heavy (non-hydrogen) atoms. The highest BCUT2D eigenvalue weighted by molar-refractivity contribution is 7.89. The first-order chi connectivity index (χ1) is 8.96. The highest BCUT2D eigenvalue weighted by Crippen LogP contribution is 2.26. The number of aryl methyl sites for hydroxylation is 2. The lowest BCUT2D eigenvalue weighted by Gasteiger charge is -2.33. The molecule has 0 aliphatic carbocycles. The van der Waals surface area contributed by atoms with Gasteiger partial charge in [-0.05, 0) is 49.9 Å². The molecule has 1 fully saturated rings. The summed E-state index contributed by atoms with van der Waals surface area (Å²) in [6.07, 6.45) is 2.57. The molecule has 0 saturated carbocycles. The van der Waals surface area contributed by atoms with E-state index in [0.717, 1.165) is 30.4 Å². The van der Waals surface area contributed by atoms with E-state index in [1.807, 2.05) is 19.9 Å². The van der Waals surface area contributed by atoms with Crippen LogP contribution in [0.25, 0.3) is 0 Å².